The van der Waals surface area contributed by atoms with Gasteiger partial charge in [-0.15, -0.1) is 0 Å². The van der Waals surface area contributed by atoms with Crippen LogP contribution in [0.2, 0.25) is 0 Å². The van der Waals surface area contributed by atoms with Crippen LogP contribution < -0.4 is 21.3 Å². The fourth-order valence-electron chi connectivity index (χ4n) is 6.13. The molecule has 1 aliphatic heterocycles. The Labute approximate surface area is 272 Å². The van der Waals surface area contributed by atoms with Crippen molar-refractivity contribution in [2.75, 3.05) is 13.1 Å². The predicted molar refractivity (Wildman–Crippen MR) is 172 cm³/mol. The number of nitrogens with zero attached hydrogens (tertiary/aromatic N) is 1. The molecule has 3 rings (SSSR count). The standard InChI is InChI=1S/C34H51N5O7/c1-10-14-22(26(41)29(43)36-18-23(40)35-17-20-15-12-11-13-16-20)37-28(42)25-24-21(34(24,8)9)19-39(25)30(44)27(32(2,3)4)38-31(45)46-33(5,6)7/h11-13,15-16,21-22,24-25,27H,10,14,17-19H2,1-9H3,(H,35,40)(H,36,43)(H,37,42)(H,38,45)/t21?,22?,24?,25?,27-/m1/s1. The molecular weight excluding hydrogens is 590 g/mol. The van der Waals surface area contributed by atoms with Gasteiger partial charge in [0.05, 0.1) is 12.6 Å². The zero-order chi connectivity index (χ0) is 34.6. The van der Waals surface area contributed by atoms with E-state index in [-0.39, 0.29) is 30.2 Å². The number of hydrogen-bond acceptors (Lipinski definition) is 7. The monoisotopic (exact) mass is 641 g/mol. The highest BCUT2D eigenvalue weighted by Crippen LogP contribution is 2.65. The van der Waals surface area contributed by atoms with E-state index in [0.29, 0.717) is 13.0 Å². The number of fused-ring (bicyclic) bond motifs is 1. The molecule has 4 unspecified atom stereocenters. The van der Waals surface area contributed by atoms with Crippen LogP contribution in [0.25, 0.3) is 0 Å². The molecule has 1 saturated carbocycles. The second-order valence-electron chi connectivity index (χ2n) is 15.0. The number of alkyl carbamates (subject to hydrolysis) is 1. The molecule has 254 valence electrons. The summed E-state index contributed by atoms with van der Waals surface area (Å²) in [5, 5.41) is 10.5. The number of piperidine rings is 1. The minimum Gasteiger partial charge on any atom is -0.444 e. The molecule has 12 heteroatoms. The van der Waals surface area contributed by atoms with E-state index in [4.69, 9.17) is 4.74 Å². The van der Waals surface area contributed by atoms with Crippen molar-refractivity contribution in [1.29, 1.82) is 0 Å². The van der Waals surface area contributed by atoms with Crippen molar-refractivity contribution in [3.05, 3.63) is 35.9 Å². The van der Waals surface area contributed by atoms with Gasteiger partial charge in [0, 0.05) is 13.1 Å². The fraction of sp³-hybridized carbons (Fsp3) is 0.647. The molecule has 12 nitrogen and oxygen atoms in total. The number of benzene rings is 1. The maximum Gasteiger partial charge on any atom is 0.408 e. The van der Waals surface area contributed by atoms with Gasteiger partial charge in [-0.05, 0) is 55.4 Å². The summed E-state index contributed by atoms with van der Waals surface area (Å²) in [5.41, 5.74) is -0.789. The Morgan fingerprint density at radius 1 is 0.957 bits per heavy atom. The van der Waals surface area contributed by atoms with Crippen molar-refractivity contribution in [3.8, 4) is 0 Å². The normalized spacial score (nSPS) is 21.2. The first-order valence-corrected chi connectivity index (χ1v) is 16.0. The Hall–Kier alpha value is -3.96. The highest BCUT2D eigenvalue weighted by atomic mass is 16.6. The summed E-state index contributed by atoms with van der Waals surface area (Å²) in [4.78, 5) is 80.4. The number of likely N-dealkylation sites (tertiary alicyclic amines) is 1. The van der Waals surface area contributed by atoms with Crippen LogP contribution in [-0.2, 0) is 35.3 Å². The highest BCUT2D eigenvalue weighted by Gasteiger charge is 2.70. The maximum atomic E-state index is 14.0. The van der Waals surface area contributed by atoms with Gasteiger partial charge in [-0.1, -0.05) is 78.3 Å². The molecule has 2 aliphatic rings. The third-order valence-corrected chi connectivity index (χ3v) is 8.71. The number of hydrogen-bond donors (Lipinski definition) is 4. The van der Waals surface area contributed by atoms with E-state index in [0.717, 1.165) is 5.56 Å². The third kappa shape index (κ3) is 9.07. The van der Waals surface area contributed by atoms with E-state index in [2.05, 4.69) is 21.3 Å². The molecule has 1 heterocycles. The molecular formula is C34H51N5O7. The van der Waals surface area contributed by atoms with E-state index < -0.39 is 71.2 Å². The molecule has 0 bridgehead atoms. The van der Waals surface area contributed by atoms with Crippen molar-refractivity contribution in [2.45, 2.75) is 105 Å². The summed E-state index contributed by atoms with van der Waals surface area (Å²) >= 11 is 0. The molecule has 0 radical (unpaired) electrons. The van der Waals surface area contributed by atoms with Gasteiger partial charge in [-0.2, -0.15) is 0 Å². The topological polar surface area (TPSA) is 163 Å². The van der Waals surface area contributed by atoms with Crippen LogP contribution in [0.15, 0.2) is 30.3 Å². The quantitative estimate of drug-likeness (QED) is 0.255. The number of ether oxygens (including phenoxy) is 1. The van der Waals surface area contributed by atoms with Gasteiger partial charge in [-0.25, -0.2) is 4.79 Å². The van der Waals surface area contributed by atoms with Crippen molar-refractivity contribution >= 4 is 35.5 Å². The number of carbonyl (C=O) groups is 6. The van der Waals surface area contributed by atoms with E-state index in [1.54, 1.807) is 20.8 Å². The first kappa shape index (κ1) is 36.5. The molecule has 0 spiro atoms. The number of ketones is 1. The molecule has 1 aliphatic carbocycles. The molecule has 4 N–H and O–H groups in total. The number of rotatable bonds is 12. The lowest BCUT2D eigenvalue weighted by atomic mass is 9.85. The van der Waals surface area contributed by atoms with Crippen LogP contribution >= 0.6 is 0 Å². The lowest BCUT2D eigenvalue weighted by Gasteiger charge is -2.38. The van der Waals surface area contributed by atoms with Gasteiger partial charge in [-0.3, -0.25) is 24.0 Å². The van der Waals surface area contributed by atoms with E-state index in [9.17, 15) is 28.8 Å². The number of Topliss-reactive ketones (excluding diaryl/α,β-unsaturated/α-hetero) is 1. The Kier molecular flexibility index (Phi) is 11.3. The summed E-state index contributed by atoms with van der Waals surface area (Å²) in [7, 11) is 0. The van der Waals surface area contributed by atoms with Crippen LogP contribution in [0, 0.1) is 22.7 Å². The Balaban J connectivity index is 1.70. The van der Waals surface area contributed by atoms with Crippen molar-refractivity contribution in [1.82, 2.24) is 26.2 Å². The van der Waals surface area contributed by atoms with Gasteiger partial charge >= 0.3 is 6.09 Å². The Bertz CT molecular complexity index is 1320. The summed E-state index contributed by atoms with van der Waals surface area (Å²) in [6, 6.07) is 6.25. The van der Waals surface area contributed by atoms with Crippen LogP contribution in [0.3, 0.4) is 0 Å². The van der Waals surface area contributed by atoms with Crippen LogP contribution in [-0.4, -0.2) is 77.2 Å². The molecule has 5 amide bonds. The zero-order valence-electron chi connectivity index (χ0n) is 28.6. The molecule has 5 atom stereocenters. The Morgan fingerprint density at radius 3 is 2.15 bits per heavy atom. The largest absolute Gasteiger partial charge is 0.444 e. The van der Waals surface area contributed by atoms with Crippen LogP contribution in [0.1, 0.15) is 80.7 Å². The fourth-order valence-corrected chi connectivity index (χ4v) is 6.13. The van der Waals surface area contributed by atoms with Gasteiger partial charge < -0.3 is 30.9 Å². The Morgan fingerprint density at radius 2 is 1.59 bits per heavy atom. The SMILES string of the molecule is CCCC(NC(=O)C1C2C(CN1C(=O)[C@@H](NC(=O)OC(C)(C)C)C(C)(C)C)C2(C)C)C(=O)C(=O)NCC(=O)NCc1ccccc1. The average molecular weight is 642 g/mol. The summed E-state index contributed by atoms with van der Waals surface area (Å²) < 4.78 is 5.41. The molecule has 1 saturated heterocycles. The van der Waals surface area contributed by atoms with Crippen LogP contribution in [0.5, 0.6) is 0 Å². The smallest absolute Gasteiger partial charge is 0.408 e. The highest BCUT2D eigenvalue weighted by molar-refractivity contribution is 6.38. The van der Waals surface area contributed by atoms with Gasteiger partial charge in [0.2, 0.25) is 23.5 Å². The van der Waals surface area contributed by atoms with Crippen molar-refractivity contribution in [3.63, 3.8) is 0 Å². The first-order valence-electron chi connectivity index (χ1n) is 16.0. The summed E-state index contributed by atoms with van der Waals surface area (Å²) in [5.74, 6) is -3.35. The van der Waals surface area contributed by atoms with Gasteiger partial charge in [0.15, 0.2) is 0 Å². The minimum atomic E-state index is -1.14. The summed E-state index contributed by atoms with van der Waals surface area (Å²) in [6.45, 7) is 16.7. The van der Waals surface area contributed by atoms with Gasteiger partial charge in [0.25, 0.3) is 5.91 Å². The second kappa shape index (κ2) is 14.2. The van der Waals surface area contributed by atoms with Crippen molar-refractivity contribution < 1.29 is 33.5 Å². The lowest BCUT2D eigenvalue weighted by molar-refractivity contribution is -0.145. The molecule has 1 aromatic rings. The summed E-state index contributed by atoms with van der Waals surface area (Å²) in [6.07, 6.45) is -0.0424. The predicted octanol–water partition coefficient (Wildman–Crippen LogP) is 2.70. The number of amides is 5. The average Bonchev–Trinajstić information content (AvgIpc) is 3.27. The zero-order valence-corrected chi connectivity index (χ0v) is 28.6. The van der Waals surface area contributed by atoms with E-state index >= 15 is 0 Å². The minimum absolute atomic E-state index is 0.0624. The van der Waals surface area contributed by atoms with Gasteiger partial charge in [0.1, 0.15) is 17.7 Å². The lowest BCUT2D eigenvalue weighted by Crippen LogP contribution is -2.60. The van der Waals surface area contributed by atoms with Crippen LogP contribution in [0.4, 0.5) is 4.79 Å². The molecule has 46 heavy (non-hydrogen) atoms. The first-order chi connectivity index (χ1) is 21.3. The maximum absolute atomic E-state index is 14.0. The van der Waals surface area contributed by atoms with E-state index in [1.165, 1.54) is 4.90 Å². The molecule has 1 aromatic carbocycles. The number of carbonyl (C=O) groups excluding carboxylic acids is 6. The molecule has 2 fully saturated rings. The van der Waals surface area contributed by atoms with Crippen molar-refractivity contribution in [2.24, 2.45) is 22.7 Å². The molecule has 0 aromatic heterocycles. The number of nitrogens with one attached hydrogen (secondary N) is 4. The second-order valence-corrected chi connectivity index (χ2v) is 15.0. The third-order valence-electron chi connectivity index (χ3n) is 8.71. The van der Waals surface area contributed by atoms with E-state index in [1.807, 2.05) is 71.9 Å².